The Morgan fingerprint density at radius 3 is 2.10 bits per heavy atom. The van der Waals surface area contributed by atoms with Crippen LogP contribution in [-0.2, 0) is 0 Å². The molecule has 2 N–H and O–H groups in total. The summed E-state index contributed by atoms with van der Waals surface area (Å²) in [5, 5.41) is 0. The molecule has 0 heterocycles. The van der Waals surface area contributed by atoms with Crippen LogP contribution >= 0.6 is 12.4 Å². The first-order chi connectivity index (χ1) is 9.22. The van der Waals surface area contributed by atoms with Gasteiger partial charge in [0.15, 0.2) is 11.5 Å². The van der Waals surface area contributed by atoms with Crippen LogP contribution in [0.4, 0.5) is 0 Å². The Labute approximate surface area is 127 Å². The zero-order valence-corrected chi connectivity index (χ0v) is 13.2. The fourth-order valence-electron chi connectivity index (χ4n) is 2.96. The van der Waals surface area contributed by atoms with Crippen molar-refractivity contribution in [1.29, 1.82) is 0 Å². The first-order valence-electron chi connectivity index (χ1n) is 6.77. The molecule has 114 valence electrons. The summed E-state index contributed by atoms with van der Waals surface area (Å²) in [6.07, 6.45) is 4.93. The maximum absolute atomic E-state index is 6.42. The van der Waals surface area contributed by atoms with E-state index in [1.54, 1.807) is 21.3 Å². The second-order valence-electron chi connectivity index (χ2n) is 4.99. The van der Waals surface area contributed by atoms with Gasteiger partial charge in [-0.1, -0.05) is 12.8 Å². The Bertz CT molecular complexity index is 433. The fourth-order valence-corrected chi connectivity index (χ4v) is 2.96. The minimum absolute atomic E-state index is 0. The minimum Gasteiger partial charge on any atom is -0.493 e. The number of nitrogens with two attached hydrogens (primary N) is 1. The predicted molar refractivity (Wildman–Crippen MR) is 82.2 cm³/mol. The molecule has 0 saturated heterocycles. The van der Waals surface area contributed by atoms with E-state index < -0.39 is 0 Å². The van der Waals surface area contributed by atoms with Crippen molar-refractivity contribution in [3.8, 4) is 17.2 Å². The van der Waals surface area contributed by atoms with Crippen molar-refractivity contribution in [1.82, 2.24) is 0 Å². The maximum atomic E-state index is 6.42. The quantitative estimate of drug-likeness (QED) is 0.906. The van der Waals surface area contributed by atoms with Crippen LogP contribution in [0.1, 0.15) is 37.3 Å². The summed E-state index contributed by atoms with van der Waals surface area (Å²) in [7, 11) is 4.88. The topological polar surface area (TPSA) is 53.7 Å². The van der Waals surface area contributed by atoms with Gasteiger partial charge in [0.2, 0.25) is 5.75 Å². The van der Waals surface area contributed by atoms with Crippen LogP contribution in [-0.4, -0.2) is 21.3 Å². The average Bonchev–Trinajstić information content (AvgIpc) is 2.98. The molecule has 0 bridgehead atoms. The smallest absolute Gasteiger partial charge is 0.203 e. The van der Waals surface area contributed by atoms with Gasteiger partial charge in [-0.2, -0.15) is 0 Å². The van der Waals surface area contributed by atoms with Crippen molar-refractivity contribution < 1.29 is 14.2 Å². The first-order valence-corrected chi connectivity index (χ1v) is 6.77. The highest BCUT2D eigenvalue weighted by Crippen LogP contribution is 2.45. The number of ether oxygens (including phenoxy) is 3. The third-order valence-electron chi connectivity index (χ3n) is 4.00. The molecule has 0 amide bonds. The molecule has 0 aromatic heterocycles. The minimum atomic E-state index is -0.00254. The molecule has 0 aliphatic heterocycles. The molecule has 1 atom stereocenters. The van der Waals surface area contributed by atoms with Gasteiger partial charge < -0.3 is 19.9 Å². The molecule has 0 unspecified atom stereocenters. The van der Waals surface area contributed by atoms with E-state index >= 15 is 0 Å². The lowest BCUT2D eigenvalue weighted by Crippen LogP contribution is -2.20. The van der Waals surface area contributed by atoms with Crippen molar-refractivity contribution in [3.05, 3.63) is 17.7 Å². The summed E-state index contributed by atoms with van der Waals surface area (Å²) in [6.45, 7) is 0. The van der Waals surface area contributed by atoms with Gasteiger partial charge in [0, 0.05) is 11.6 Å². The normalized spacial score (nSPS) is 16.4. The molecule has 0 radical (unpaired) electrons. The van der Waals surface area contributed by atoms with Crippen LogP contribution in [0, 0.1) is 5.92 Å². The van der Waals surface area contributed by atoms with E-state index in [0.717, 1.165) is 5.56 Å². The Hall–Kier alpha value is -1.13. The molecular weight excluding hydrogens is 278 g/mol. The van der Waals surface area contributed by atoms with Gasteiger partial charge in [-0.15, -0.1) is 12.4 Å². The van der Waals surface area contributed by atoms with Gasteiger partial charge in [-0.05, 0) is 30.9 Å². The largest absolute Gasteiger partial charge is 0.493 e. The van der Waals surface area contributed by atoms with E-state index in [-0.39, 0.29) is 18.4 Å². The summed E-state index contributed by atoms with van der Waals surface area (Å²) in [6, 6.07) is 3.88. The molecule has 5 heteroatoms. The third-order valence-corrected chi connectivity index (χ3v) is 4.00. The maximum Gasteiger partial charge on any atom is 0.203 e. The van der Waals surface area contributed by atoms with Gasteiger partial charge in [0.05, 0.1) is 21.3 Å². The molecule has 1 aromatic rings. The van der Waals surface area contributed by atoms with Gasteiger partial charge in [0.1, 0.15) is 0 Å². The number of rotatable bonds is 5. The monoisotopic (exact) mass is 301 g/mol. The van der Waals surface area contributed by atoms with Gasteiger partial charge in [0.25, 0.3) is 0 Å². The van der Waals surface area contributed by atoms with Crippen LogP contribution in [0.15, 0.2) is 12.1 Å². The fraction of sp³-hybridized carbons (Fsp3) is 0.600. The van der Waals surface area contributed by atoms with Crippen molar-refractivity contribution in [3.63, 3.8) is 0 Å². The van der Waals surface area contributed by atoms with E-state index in [9.17, 15) is 0 Å². The molecule has 1 saturated carbocycles. The average molecular weight is 302 g/mol. The highest BCUT2D eigenvalue weighted by molar-refractivity contribution is 5.85. The lowest BCUT2D eigenvalue weighted by atomic mass is 9.91. The second-order valence-corrected chi connectivity index (χ2v) is 4.99. The van der Waals surface area contributed by atoms with Crippen LogP contribution in [0.25, 0.3) is 0 Å². The van der Waals surface area contributed by atoms with Crippen LogP contribution < -0.4 is 19.9 Å². The molecule has 2 rings (SSSR count). The summed E-state index contributed by atoms with van der Waals surface area (Å²) in [5.41, 5.74) is 7.42. The lowest BCUT2D eigenvalue weighted by molar-refractivity contribution is 0.316. The second kappa shape index (κ2) is 7.60. The molecule has 0 spiro atoms. The molecule has 1 aliphatic rings. The van der Waals surface area contributed by atoms with Gasteiger partial charge >= 0.3 is 0 Å². The number of hydrogen-bond acceptors (Lipinski definition) is 4. The van der Waals surface area contributed by atoms with Crippen molar-refractivity contribution in [2.45, 2.75) is 31.7 Å². The summed E-state index contributed by atoms with van der Waals surface area (Å²) >= 11 is 0. The summed E-state index contributed by atoms with van der Waals surface area (Å²) in [4.78, 5) is 0. The standard InChI is InChI=1S/C15H23NO3.ClH/c1-17-12-9-8-11(14(18-2)15(12)19-3)13(16)10-6-4-5-7-10;/h8-10,13H,4-7,16H2,1-3H3;1H/t13-;/m1./s1. The van der Waals surface area contributed by atoms with E-state index in [2.05, 4.69) is 0 Å². The Morgan fingerprint density at radius 2 is 1.60 bits per heavy atom. The number of halogens is 1. The molecule has 20 heavy (non-hydrogen) atoms. The van der Waals surface area contributed by atoms with Crippen LogP contribution in [0.2, 0.25) is 0 Å². The highest BCUT2D eigenvalue weighted by atomic mass is 35.5. The molecular formula is C15H24ClNO3. The number of hydrogen-bond donors (Lipinski definition) is 1. The van der Waals surface area contributed by atoms with E-state index in [4.69, 9.17) is 19.9 Å². The summed E-state index contributed by atoms with van der Waals surface area (Å²) < 4.78 is 16.2. The van der Waals surface area contributed by atoms with Crippen LogP contribution in [0.5, 0.6) is 17.2 Å². The zero-order valence-electron chi connectivity index (χ0n) is 12.3. The summed E-state index contributed by atoms with van der Waals surface area (Å²) in [5.74, 6) is 2.52. The van der Waals surface area contributed by atoms with Gasteiger partial charge in [-0.3, -0.25) is 0 Å². The molecule has 4 nitrogen and oxygen atoms in total. The zero-order chi connectivity index (χ0) is 13.8. The van der Waals surface area contributed by atoms with E-state index in [1.807, 2.05) is 12.1 Å². The van der Waals surface area contributed by atoms with Gasteiger partial charge in [-0.25, -0.2) is 0 Å². The van der Waals surface area contributed by atoms with E-state index in [0.29, 0.717) is 23.2 Å². The molecule has 1 aliphatic carbocycles. The van der Waals surface area contributed by atoms with Crippen LogP contribution in [0.3, 0.4) is 0 Å². The Kier molecular flexibility index (Phi) is 6.43. The predicted octanol–water partition coefficient (Wildman–Crippen LogP) is 3.32. The lowest BCUT2D eigenvalue weighted by Gasteiger charge is -2.23. The Morgan fingerprint density at radius 1 is 1.00 bits per heavy atom. The van der Waals surface area contributed by atoms with E-state index in [1.165, 1.54) is 25.7 Å². The first kappa shape index (κ1) is 16.9. The molecule has 1 aromatic carbocycles. The Balaban J connectivity index is 0.00000200. The van der Waals surface area contributed by atoms with Crippen molar-refractivity contribution in [2.24, 2.45) is 11.7 Å². The van der Waals surface area contributed by atoms with Crippen molar-refractivity contribution >= 4 is 12.4 Å². The highest BCUT2D eigenvalue weighted by Gasteiger charge is 2.27. The SMILES string of the molecule is COc1ccc([C@H](N)C2CCCC2)c(OC)c1OC.Cl. The van der Waals surface area contributed by atoms with Crippen molar-refractivity contribution in [2.75, 3.05) is 21.3 Å². The third kappa shape index (κ3) is 3.13. The molecule has 1 fully saturated rings. The number of benzene rings is 1. The number of methoxy groups -OCH3 is 3.